The van der Waals surface area contributed by atoms with E-state index in [2.05, 4.69) is 11.1 Å². The SMILES string of the molecule is Cc1cccc(CN2N=C(c3ccc(Cl)cc3)Cn3c2nc2c3c(=O)n(C)c(=O)n2C)c1. The predicted molar refractivity (Wildman–Crippen MR) is 126 cm³/mol. The van der Waals surface area contributed by atoms with Crippen molar-refractivity contribution >= 4 is 34.4 Å². The lowest BCUT2D eigenvalue weighted by Gasteiger charge is -2.26. The summed E-state index contributed by atoms with van der Waals surface area (Å²) in [7, 11) is 3.10. The zero-order valence-electron chi connectivity index (χ0n) is 17.9. The highest BCUT2D eigenvalue weighted by Crippen LogP contribution is 2.27. The molecule has 0 amide bonds. The van der Waals surface area contributed by atoms with Crippen molar-refractivity contribution in [2.24, 2.45) is 19.2 Å². The van der Waals surface area contributed by atoms with Crippen molar-refractivity contribution in [2.75, 3.05) is 5.01 Å². The van der Waals surface area contributed by atoms with Crippen LogP contribution in [0.25, 0.3) is 11.2 Å². The summed E-state index contributed by atoms with van der Waals surface area (Å²) in [5, 5.41) is 7.30. The third kappa shape index (κ3) is 3.23. The molecule has 0 bridgehead atoms. The molecule has 1 aliphatic heterocycles. The fourth-order valence-corrected chi connectivity index (χ4v) is 4.16. The van der Waals surface area contributed by atoms with E-state index in [4.69, 9.17) is 16.7 Å². The molecule has 2 aromatic carbocycles. The summed E-state index contributed by atoms with van der Waals surface area (Å²) in [6, 6.07) is 15.6. The van der Waals surface area contributed by atoms with Crippen LogP contribution in [0.1, 0.15) is 16.7 Å². The van der Waals surface area contributed by atoms with E-state index in [9.17, 15) is 9.59 Å². The number of benzene rings is 2. The van der Waals surface area contributed by atoms with Gasteiger partial charge in [-0.05, 0) is 30.2 Å². The average molecular weight is 449 g/mol. The summed E-state index contributed by atoms with van der Waals surface area (Å²) in [6.45, 7) is 2.86. The van der Waals surface area contributed by atoms with Crippen molar-refractivity contribution in [3.8, 4) is 0 Å². The first kappa shape index (κ1) is 20.3. The van der Waals surface area contributed by atoms with E-state index in [1.807, 2.05) is 54.0 Å². The number of aromatic nitrogens is 4. The van der Waals surface area contributed by atoms with Gasteiger partial charge in [-0.25, -0.2) is 9.80 Å². The minimum Gasteiger partial charge on any atom is -0.297 e. The Morgan fingerprint density at radius 3 is 2.50 bits per heavy atom. The highest BCUT2D eigenvalue weighted by atomic mass is 35.5. The van der Waals surface area contributed by atoms with Crippen LogP contribution in [0, 0.1) is 6.92 Å². The maximum Gasteiger partial charge on any atom is 0.332 e. The summed E-state index contributed by atoms with van der Waals surface area (Å²) in [5.41, 5.74) is 3.80. The maximum atomic E-state index is 13.0. The molecule has 3 heterocycles. The number of imidazole rings is 1. The number of anilines is 1. The number of halogens is 1. The number of rotatable bonds is 3. The summed E-state index contributed by atoms with van der Waals surface area (Å²) < 4.78 is 4.34. The monoisotopic (exact) mass is 448 g/mol. The predicted octanol–water partition coefficient (Wildman–Crippen LogP) is 2.82. The molecule has 1 aliphatic rings. The van der Waals surface area contributed by atoms with Gasteiger partial charge in [0.2, 0.25) is 5.95 Å². The highest BCUT2D eigenvalue weighted by Gasteiger charge is 2.28. The number of hydrogen-bond donors (Lipinski definition) is 0. The van der Waals surface area contributed by atoms with Crippen LogP contribution in [0.4, 0.5) is 5.95 Å². The Labute approximate surface area is 188 Å². The topological polar surface area (TPSA) is 77.4 Å². The van der Waals surface area contributed by atoms with E-state index in [-0.39, 0.29) is 5.56 Å². The lowest BCUT2D eigenvalue weighted by atomic mass is 10.1. The van der Waals surface area contributed by atoms with E-state index in [1.165, 1.54) is 11.6 Å². The van der Waals surface area contributed by atoms with Crippen LogP contribution in [0.5, 0.6) is 0 Å². The molecule has 0 spiro atoms. The molecule has 4 aromatic rings. The van der Waals surface area contributed by atoms with Crippen molar-refractivity contribution in [3.05, 3.63) is 91.1 Å². The quantitative estimate of drug-likeness (QED) is 0.483. The first-order valence-corrected chi connectivity index (χ1v) is 10.5. The summed E-state index contributed by atoms with van der Waals surface area (Å²) >= 11 is 6.07. The van der Waals surface area contributed by atoms with Crippen LogP contribution in [-0.4, -0.2) is 24.4 Å². The Hall–Kier alpha value is -3.65. The molecule has 0 aliphatic carbocycles. The zero-order chi connectivity index (χ0) is 22.6. The average Bonchev–Trinajstić information content (AvgIpc) is 3.17. The van der Waals surface area contributed by atoms with Gasteiger partial charge in [-0.1, -0.05) is 53.6 Å². The lowest BCUT2D eigenvalue weighted by Crippen LogP contribution is -2.38. The van der Waals surface area contributed by atoms with Gasteiger partial charge in [0.15, 0.2) is 11.2 Å². The van der Waals surface area contributed by atoms with Gasteiger partial charge in [0.05, 0.1) is 18.8 Å². The largest absolute Gasteiger partial charge is 0.332 e. The maximum absolute atomic E-state index is 13.0. The fraction of sp³-hybridized carbons (Fsp3) is 0.217. The van der Waals surface area contributed by atoms with Crippen LogP contribution < -0.4 is 16.3 Å². The van der Waals surface area contributed by atoms with Crippen molar-refractivity contribution in [1.29, 1.82) is 0 Å². The lowest BCUT2D eigenvalue weighted by molar-refractivity contribution is 0.699. The number of nitrogens with zero attached hydrogens (tertiary/aromatic N) is 6. The van der Waals surface area contributed by atoms with Crippen molar-refractivity contribution < 1.29 is 0 Å². The van der Waals surface area contributed by atoms with Crippen LogP contribution in [0.15, 0.2) is 63.2 Å². The Morgan fingerprint density at radius 1 is 1.03 bits per heavy atom. The Balaban J connectivity index is 1.73. The van der Waals surface area contributed by atoms with E-state index in [0.29, 0.717) is 35.2 Å². The normalized spacial score (nSPS) is 13.4. The number of hydrazone groups is 1. The standard InChI is InChI=1S/C23H21ClN6O2/c1-14-5-4-6-15(11-14)12-30-22-25-20-19(21(31)28(3)23(32)27(20)2)29(22)13-18(26-30)16-7-9-17(24)10-8-16/h4-11H,12-13H2,1-3H3. The Morgan fingerprint density at radius 2 is 1.78 bits per heavy atom. The van der Waals surface area contributed by atoms with Crippen molar-refractivity contribution in [3.63, 3.8) is 0 Å². The van der Waals surface area contributed by atoms with Gasteiger partial charge in [-0.3, -0.25) is 18.5 Å². The molecule has 0 atom stereocenters. The molecule has 0 N–H and O–H groups in total. The van der Waals surface area contributed by atoms with Gasteiger partial charge in [-0.2, -0.15) is 10.1 Å². The molecule has 0 unspecified atom stereocenters. The van der Waals surface area contributed by atoms with Crippen LogP contribution >= 0.6 is 11.6 Å². The first-order valence-electron chi connectivity index (χ1n) is 10.2. The van der Waals surface area contributed by atoms with E-state index >= 15 is 0 Å². The van der Waals surface area contributed by atoms with Gasteiger partial charge in [0.1, 0.15) is 0 Å². The third-order valence-electron chi connectivity index (χ3n) is 5.70. The molecule has 0 saturated carbocycles. The zero-order valence-corrected chi connectivity index (χ0v) is 18.7. The number of aryl methyl sites for hydroxylation is 2. The number of fused-ring (bicyclic) bond motifs is 3. The first-order chi connectivity index (χ1) is 15.3. The second-order valence-corrected chi connectivity index (χ2v) is 8.41. The van der Waals surface area contributed by atoms with Crippen molar-refractivity contribution in [1.82, 2.24) is 18.7 Å². The molecule has 9 heteroatoms. The molecule has 0 fully saturated rings. The molecule has 0 radical (unpaired) electrons. The Bertz CT molecular complexity index is 1510. The second kappa shape index (κ2) is 7.49. The molecule has 8 nitrogen and oxygen atoms in total. The fourth-order valence-electron chi connectivity index (χ4n) is 4.03. The van der Waals surface area contributed by atoms with E-state index in [0.717, 1.165) is 27.0 Å². The van der Waals surface area contributed by atoms with Crippen molar-refractivity contribution in [2.45, 2.75) is 20.0 Å². The van der Waals surface area contributed by atoms with Gasteiger partial charge in [-0.15, -0.1) is 0 Å². The smallest absolute Gasteiger partial charge is 0.297 e. The van der Waals surface area contributed by atoms with E-state index < -0.39 is 5.69 Å². The van der Waals surface area contributed by atoms with Crippen LogP contribution in [-0.2, 0) is 27.2 Å². The Kier molecular flexibility index (Phi) is 4.74. The molecule has 162 valence electrons. The van der Waals surface area contributed by atoms with E-state index in [1.54, 1.807) is 12.1 Å². The van der Waals surface area contributed by atoms with Gasteiger partial charge < -0.3 is 0 Å². The third-order valence-corrected chi connectivity index (χ3v) is 5.95. The summed E-state index contributed by atoms with van der Waals surface area (Å²) in [6.07, 6.45) is 0. The van der Waals surface area contributed by atoms with Crippen LogP contribution in [0.2, 0.25) is 5.02 Å². The molecular weight excluding hydrogens is 428 g/mol. The molecule has 32 heavy (non-hydrogen) atoms. The molecule has 2 aromatic heterocycles. The minimum absolute atomic E-state index is 0.342. The van der Waals surface area contributed by atoms with Gasteiger partial charge in [0.25, 0.3) is 5.56 Å². The van der Waals surface area contributed by atoms with Gasteiger partial charge in [0, 0.05) is 19.1 Å². The summed E-state index contributed by atoms with van der Waals surface area (Å²) in [5.74, 6) is 0.525. The highest BCUT2D eigenvalue weighted by molar-refractivity contribution is 6.30. The summed E-state index contributed by atoms with van der Waals surface area (Å²) in [4.78, 5) is 30.2. The number of hydrogen-bond acceptors (Lipinski definition) is 5. The minimum atomic E-state index is -0.415. The molecule has 5 rings (SSSR count). The second-order valence-electron chi connectivity index (χ2n) is 7.98. The molecular formula is C23H21ClN6O2. The molecule has 0 saturated heterocycles. The van der Waals surface area contributed by atoms with Crippen LogP contribution in [0.3, 0.4) is 0 Å². The van der Waals surface area contributed by atoms with Gasteiger partial charge >= 0.3 is 5.69 Å².